The van der Waals surface area contributed by atoms with E-state index in [1.165, 1.54) is 0 Å². The molecular formula is C18H29NO6. The molecule has 2 rings (SSSR count). The number of esters is 2. The fourth-order valence-electron chi connectivity index (χ4n) is 3.80. The highest BCUT2D eigenvalue weighted by Crippen LogP contribution is 2.38. The number of carbonyl (C=O) groups excluding carboxylic acids is 2. The molecule has 0 aromatic rings. The number of cyclic esters (lactones) is 1. The van der Waals surface area contributed by atoms with E-state index in [9.17, 15) is 14.8 Å². The minimum absolute atomic E-state index is 0.0516. The minimum Gasteiger partial charge on any atom is -0.461 e. The van der Waals surface area contributed by atoms with Crippen molar-refractivity contribution >= 4 is 17.7 Å². The van der Waals surface area contributed by atoms with Gasteiger partial charge in [0.25, 0.3) is 0 Å². The zero-order valence-electron chi connectivity index (χ0n) is 15.4. The quantitative estimate of drug-likeness (QED) is 0.341. The number of ether oxygens (including phenoxy) is 3. The van der Waals surface area contributed by atoms with Crippen molar-refractivity contribution in [1.29, 1.82) is 0 Å². The molecule has 0 unspecified atom stereocenters. The average molecular weight is 355 g/mol. The standard InChI is InChI=1S/C18H29NO6/c1-5-23-17(21)16(19-22)13-9-15(20)25-18(13)24-14-8-11(4)6-7-12(14)10(2)3/h10-14,18,22H,5-9H2,1-4H3/b19-16-/t11-,12+,13-,14-,18-/m1/s1. The lowest BCUT2D eigenvalue weighted by Gasteiger charge is -2.38. The molecule has 2 fully saturated rings. The Labute approximate surface area is 148 Å². The van der Waals surface area contributed by atoms with Gasteiger partial charge in [0.2, 0.25) is 6.29 Å². The number of nitrogens with zero attached hydrogens (tertiary/aromatic N) is 1. The molecule has 0 aromatic heterocycles. The van der Waals surface area contributed by atoms with Gasteiger partial charge in [-0.05, 0) is 37.5 Å². The van der Waals surface area contributed by atoms with Gasteiger partial charge < -0.3 is 19.4 Å². The van der Waals surface area contributed by atoms with Crippen LogP contribution < -0.4 is 0 Å². The van der Waals surface area contributed by atoms with Crippen LogP contribution in [0.5, 0.6) is 0 Å². The van der Waals surface area contributed by atoms with Gasteiger partial charge in [0.15, 0.2) is 5.71 Å². The minimum atomic E-state index is -0.917. The molecule has 1 aliphatic carbocycles. The van der Waals surface area contributed by atoms with Crippen LogP contribution in [0.4, 0.5) is 0 Å². The molecule has 7 nitrogen and oxygen atoms in total. The molecule has 0 aromatic carbocycles. The van der Waals surface area contributed by atoms with Gasteiger partial charge in [-0.25, -0.2) is 4.79 Å². The lowest BCUT2D eigenvalue weighted by Crippen LogP contribution is -2.41. The van der Waals surface area contributed by atoms with Crippen LogP contribution in [0.25, 0.3) is 0 Å². The van der Waals surface area contributed by atoms with Gasteiger partial charge >= 0.3 is 11.9 Å². The van der Waals surface area contributed by atoms with E-state index in [4.69, 9.17) is 14.2 Å². The topological polar surface area (TPSA) is 94.4 Å². The molecule has 1 saturated heterocycles. The summed E-state index contributed by atoms with van der Waals surface area (Å²) in [6.45, 7) is 8.32. The van der Waals surface area contributed by atoms with Crippen molar-refractivity contribution in [3.8, 4) is 0 Å². The Morgan fingerprint density at radius 3 is 2.72 bits per heavy atom. The number of rotatable bonds is 6. The third kappa shape index (κ3) is 4.71. The van der Waals surface area contributed by atoms with Crippen LogP contribution >= 0.6 is 0 Å². The SMILES string of the molecule is CCOC(=O)/C(=N\O)[C@H]1CC(=O)O[C@H]1O[C@@H]1C[C@H](C)CC[C@H]1C(C)C. The first kappa shape index (κ1) is 19.7. The zero-order valence-corrected chi connectivity index (χ0v) is 15.4. The van der Waals surface area contributed by atoms with E-state index >= 15 is 0 Å². The fraction of sp³-hybridized carbons (Fsp3) is 0.833. The molecule has 0 amide bonds. The molecule has 5 atom stereocenters. The van der Waals surface area contributed by atoms with Gasteiger partial charge in [0, 0.05) is 0 Å². The van der Waals surface area contributed by atoms with Gasteiger partial charge in [-0.3, -0.25) is 4.79 Å². The van der Waals surface area contributed by atoms with Gasteiger partial charge in [-0.2, -0.15) is 0 Å². The van der Waals surface area contributed by atoms with Gasteiger partial charge in [-0.1, -0.05) is 32.3 Å². The van der Waals surface area contributed by atoms with Crippen molar-refractivity contribution in [2.45, 2.75) is 65.8 Å². The maximum atomic E-state index is 12.0. The van der Waals surface area contributed by atoms with Crippen LogP contribution in [0.15, 0.2) is 5.16 Å². The first-order chi connectivity index (χ1) is 11.9. The lowest BCUT2D eigenvalue weighted by molar-refractivity contribution is -0.191. The third-order valence-corrected chi connectivity index (χ3v) is 5.18. The summed E-state index contributed by atoms with van der Waals surface area (Å²) in [5.41, 5.74) is -0.220. The molecular weight excluding hydrogens is 326 g/mol. The van der Waals surface area contributed by atoms with E-state index < -0.39 is 24.1 Å². The maximum absolute atomic E-state index is 12.0. The summed E-state index contributed by atoms with van der Waals surface area (Å²) >= 11 is 0. The molecule has 1 aliphatic heterocycles. The summed E-state index contributed by atoms with van der Waals surface area (Å²) in [5, 5.41) is 12.3. The summed E-state index contributed by atoms with van der Waals surface area (Å²) < 4.78 is 16.3. The smallest absolute Gasteiger partial charge is 0.356 e. The Morgan fingerprint density at radius 2 is 2.12 bits per heavy atom. The second-order valence-electron chi connectivity index (χ2n) is 7.38. The second kappa shape index (κ2) is 8.65. The highest BCUT2D eigenvalue weighted by molar-refractivity contribution is 6.37. The Bertz CT molecular complexity index is 518. The van der Waals surface area contributed by atoms with E-state index in [-0.39, 0.29) is 24.8 Å². The molecule has 1 heterocycles. The largest absolute Gasteiger partial charge is 0.461 e. The normalized spacial score (nSPS) is 33.4. The van der Waals surface area contributed by atoms with E-state index in [1.807, 2.05) is 0 Å². The van der Waals surface area contributed by atoms with E-state index in [0.717, 1.165) is 19.3 Å². The van der Waals surface area contributed by atoms with Crippen molar-refractivity contribution in [1.82, 2.24) is 0 Å². The van der Waals surface area contributed by atoms with Crippen LogP contribution in [-0.2, 0) is 23.8 Å². The summed E-state index contributed by atoms with van der Waals surface area (Å²) in [5.74, 6) is -0.615. The van der Waals surface area contributed by atoms with Crippen molar-refractivity contribution in [3.05, 3.63) is 0 Å². The summed E-state index contributed by atoms with van der Waals surface area (Å²) in [4.78, 5) is 23.8. The van der Waals surface area contributed by atoms with Crippen LogP contribution in [0.1, 0.15) is 53.4 Å². The molecule has 25 heavy (non-hydrogen) atoms. The fourth-order valence-corrected chi connectivity index (χ4v) is 3.80. The maximum Gasteiger partial charge on any atom is 0.356 e. The molecule has 0 spiro atoms. The number of hydrogen-bond acceptors (Lipinski definition) is 7. The van der Waals surface area contributed by atoms with Gasteiger partial charge in [0.05, 0.1) is 25.0 Å². The van der Waals surface area contributed by atoms with Crippen molar-refractivity contribution in [2.75, 3.05) is 6.61 Å². The monoisotopic (exact) mass is 355 g/mol. The first-order valence-corrected chi connectivity index (χ1v) is 9.11. The second-order valence-corrected chi connectivity index (χ2v) is 7.38. The average Bonchev–Trinajstić information content (AvgIpc) is 2.88. The Hall–Kier alpha value is -1.63. The van der Waals surface area contributed by atoms with Crippen LogP contribution in [0.2, 0.25) is 0 Å². The molecule has 0 radical (unpaired) electrons. The van der Waals surface area contributed by atoms with Crippen LogP contribution in [0.3, 0.4) is 0 Å². The van der Waals surface area contributed by atoms with E-state index in [2.05, 4.69) is 25.9 Å². The Kier molecular flexibility index (Phi) is 6.81. The van der Waals surface area contributed by atoms with Crippen LogP contribution in [-0.4, -0.2) is 41.9 Å². The molecule has 142 valence electrons. The highest BCUT2D eigenvalue weighted by atomic mass is 16.7. The molecule has 7 heteroatoms. The predicted molar refractivity (Wildman–Crippen MR) is 90.1 cm³/mol. The van der Waals surface area contributed by atoms with Crippen LogP contribution in [0, 0.1) is 23.7 Å². The third-order valence-electron chi connectivity index (χ3n) is 5.18. The van der Waals surface area contributed by atoms with Crippen molar-refractivity contribution < 1.29 is 29.0 Å². The van der Waals surface area contributed by atoms with E-state index in [0.29, 0.717) is 17.8 Å². The van der Waals surface area contributed by atoms with Gasteiger partial charge in [0.1, 0.15) is 0 Å². The molecule has 1 N–H and O–H groups in total. The first-order valence-electron chi connectivity index (χ1n) is 9.11. The summed E-state index contributed by atoms with van der Waals surface area (Å²) in [6, 6.07) is 0. The molecule has 1 saturated carbocycles. The predicted octanol–water partition coefficient (Wildman–Crippen LogP) is 2.75. The number of hydrogen-bond donors (Lipinski definition) is 1. The Balaban J connectivity index is 2.14. The number of carbonyl (C=O) groups is 2. The van der Waals surface area contributed by atoms with Crippen molar-refractivity contribution in [3.63, 3.8) is 0 Å². The van der Waals surface area contributed by atoms with Gasteiger partial charge in [-0.15, -0.1) is 0 Å². The summed E-state index contributed by atoms with van der Waals surface area (Å²) in [6.07, 6.45) is 2.08. The molecule has 0 bridgehead atoms. The summed E-state index contributed by atoms with van der Waals surface area (Å²) in [7, 11) is 0. The lowest BCUT2D eigenvalue weighted by atomic mass is 9.75. The Morgan fingerprint density at radius 1 is 1.40 bits per heavy atom. The highest BCUT2D eigenvalue weighted by Gasteiger charge is 2.45. The molecule has 2 aliphatic rings. The zero-order chi connectivity index (χ0) is 18.6. The number of oxime groups is 1. The van der Waals surface area contributed by atoms with E-state index in [1.54, 1.807) is 6.92 Å². The van der Waals surface area contributed by atoms with Crippen molar-refractivity contribution in [2.24, 2.45) is 28.8 Å².